The maximum atomic E-state index is 3.46. The van der Waals surface area contributed by atoms with Crippen LogP contribution in [0.15, 0.2) is 66.7 Å². The third-order valence-corrected chi connectivity index (χ3v) is 3.10. The predicted octanol–water partition coefficient (Wildman–Crippen LogP) is 4.66. The highest BCUT2D eigenvalue weighted by Crippen LogP contribution is 2.32. The van der Waals surface area contributed by atoms with E-state index >= 15 is 0 Å². The lowest BCUT2D eigenvalue weighted by molar-refractivity contribution is 1.27. The molecule has 0 fully saturated rings. The lowest BCUT2D eigenvalue weighted by Crippen LogP contribution is -1.81. The van der Waals surface area contributed by atoms with Gasteiger partial charge in [-0.15, -0.1) is 0 Å². The fraction of sp³-hybridized carbons (Fsp3) is 0.0588. The van der Waals surface area contributed by atoms with Crippen LogP contribution in [-0.2, 0) is 0 Å². The molecule has 3 rings (SSSR count). The van der Waals surface area contributed by atoms with Crippen molar-refractivity contribution in [2.75, 3.05) is 0 Å². The van der Waals surface area contributed by atoms with Gasteiger partial charge in [0, 0.05) is 11.3 Å². The number of nitrogens with one attached hydrogen (secondary N) is 1. The zero-order chi connectivity index (χ0) is 12.4. The highest BCUT2D eigenvalue weighted by molar-refractivity contribution is 5.81. The molecule has 0 aliphatic carbocycles. The number of H-pyrrole nitrogens is 1. The largest absolute Gasteiger partial charge is 0.358 e. The van der Waals surface area contributed by atoms with E-state index in [1.807, 2.05) is 12.1 Å². The van der Waals surface area contributed by atoms with Crippen LogP contribution < -0.4 is 0 Å². The minimum Gasteiger partial charge on any atom is -0.358 e. The number of rotatable bonds is 2. The van der Waals surface area contributed by atoms with Crippen molar-refractivity contribution in [3.05, 3.63) is 72.4 Å². The quantitative estimate of drug-likeness (QED) is 0.662. The summed E-state index contributed by atoms with van der Waals surface area (Å²) in [5.74, 6) is 0. The van der Waals surface area contributed by atoms with E-state index in [1.54, 1.807) is 0 Å². The van der Waals surface area contributed by atoms with Crippen LogP contribution >= 0.6 is 0 Å². The minimum atomic E-state index is 1.19. The Morgan fingerprint density at radius 1 is 0.722 bits per heavy atom. The smallest absolute Gasteiger partial charge is 0.0535 e. The van der Waals surface area contributed by atoms with Gasteiger partial charge in [-0.3, -0.25) is 0 Å². The number of aryl methyl sites for hydroxylation is 1. The summed E-state index contributed by atoms with van der Waals surface area (Å²) in [6.45, 7) is 2.10. The Kier molecular flexibility index (Phi) is 2.73. The minimum absolute atomic E-state index is 1.19. The van der Waals surface area contributed by atoms with E-state index < -0.39 is 0 Å². The van der Waals surface area contributed by atoms with E-state index in [2.05, 4.69) is 66.5 Å². The summed E-state index contributed by atoms with van der Waals surface area (Å²) in [4.78, 5) is 3.46. The Bertz CT molecular complexity index is 579. The summed E-state index contributed by atoms with van der Waals surface area (Å²) in [5.41, 5.74) is 6.12. The first-order valence-corrected chi connectivity index (χ1v) is 6.15. The number of aromatic nitrogens is 1. The summed E-state index contributed by atoms with van der Waals surface area (Å²) in [5, 5.41) is 0. The first kappa shape index (κ1) is 10.8. The summed E-state index contributed by atoms with van der Waals surface area (Å²) in [6, 6.07) is 23.2. The highest BCUT2D eigenvalue weighted by atomic mass is 14.7. The maximum Gasteiger partial charge on any atom is 0.0535 e. The van der Waals surface area contributed by atoms with Crippen molar-refractivity contribution in [3.63, 3.8) is 0 Å². The second kappa shape index (κ2) is 4.53. The Balaban J connectivity index is 2.17. The molecule has 1 heteroatoms. The molecule has 88 valence electrons. The van der Waals surface area contributed by atoms with E-state index in [0.29, 0.717) is 0 Å². The van der Waals surface area contributed by atoms with Crippen molar-refractivity contribution in [3.8, 4) is 22.4 Å². The van der Waals surface area contributed by atoms with Gasteiger partial charge < -0.3 is 4.98 Å². The molecular formula is C17H15N. The predicted molar refractivity (Wildman–Crippen MR) is 76.4 cm³/mol. The summed E-state index contributed by atoms with van der Waals surface area (Å²) >= 11 is 0. The Hall–Kier alpha value is -2.28. The molecule has 2 aromatic carbocycles. The van der Waals surface area contributed by atoms with Crippen molar-refractivity contribution in [2.45, 2.75) is 6.92 Å². The highest BCUT2D eigenvalue weighted by Gasteiger charge is 2.09. The third kappa shape index (κ3) is 1.95. The summed E-state index contributed by atoms with van der Waals surface area (Å²) in [7, 11) is 0. The van der Waals surface area contributed by atoms with Gasteiger partial charge in [0.2, 0.25) is 0 Å². The number of hydrogen-bond donors (Lipinski definition) is 1. The molecule has 0 bridgehead atoms. The van der Waals surface area contributed by atoms with Crippen molar-refractivity contribution >= 4 is 0 Å². The maximum absolute atomic E-state index is 3.46. The van der Waals surface area contributed by atoms with Gasteiger partial charge in [0.25, 0.3) is 0 Å². The number of hydrogen-bond acceptors (Lipinski definition) is 0. The summed E-state index contributed by atoms with van der Waals surface area (Å²) in [6.07, 6.45) is 0. The molecule has 1 heterocycles. The van der Waals surface area contributed by atoms with Crippen molar-refractivity contribution < 1.29 is 0 Å². The second-order valence-corrected chi connectivity index (χ2v) is 4.47. The van der Waals surface area contributed by atoms with Crippen LogP contribution in [0.4, 0.5) is 0 Å². The molecular weight excluding hydrogens is 218 g/mol. The van der Waals surface area contributed by atoms with Gasteiger partial charge in [0.15, 0.2) is 0 Å². The molecule has 0 aliphatic rings. The normalized spacial score (nSPS) is 10.5. The first-order valence-electron chi connectivity index (χ1n) is 6.15. The van der Waals surface area contributed by atoms with Gasteiger partial charge in [-0.2, -0.15) is 0 Å². The topological polar surface area (TPSA) is 15.8 Å². The van der Waals surface area contributed by atoms with Gasteiger partial charge in [0.1, 0.15) is 0 Å². The monoisotopic (exact) mass is 233 g/mol. The van der Waals surface area contributed by atoms with Crippen molar-refractivity contribution in [2.24, 2.45) is 0 Å². The van der Waals surface area contributed by atoms with E-state index in [9.17, 15) is 0 Å². The molecule has 1 aromatic heterocycles. The molecule has 1 nitrogen and oxygen atoms in total. The van der Waals surface area contributed by atoms with Gasteiger partial charge in [-0.05, 0) is 24.1 Å². The van der Waals surface area contributed by atoms with Crippen LogP contribution in [0, 0.1) is 6.92 Å². The van der Waals surface area contributed by atoms with Crippen LogP contribution in [0.1, 0.15) is 5.69 Å². The van der Waals surface area contributed by atoms with Crippen molar-refractivity contribution in [1.29, 1.82) is 0 Å². The standard InChI is InChI=1S/C17H15N/c1-13-12-16(14-8-4-2-5-9-14)17(18-13)15-10-6-3-7-11-15/h2-12,18H,1H3. The average molecular weight is 233 g/mol. The summed E-state index contributed by atoms with van der Waals surface area (Å²) < 4.78 is 0. The van der Waals surface area contributed by atoms with Crippen LogP contribution in [0.5, 0.6) is 0 Å². The first-order chi connectivity index (χ1) is 8.84. The van der Waals surface area contributed by atoms with E-state index in [4.69, 9.17) is 0 Å². The van der Waals surface area contributed by atoms with Crippen molar-refractivity contribution in [1.82, 2.24) is 4.98 Å². The Labute approximate surface area is 107 Å². The molecule has 0 unspecified atom stereocenters. The van der Waals surface area contributed by atoms with Crippen LogP contribution in [0.25, 0.3) is 22.4 Å². The van der Waals surface area contributed by atoms with Gasteiger partial charge in [-0.25, -0.2) is 0 Å². The van der Waals surface area contributed by atoms with Crippen LogP contribution in [-0.4, -0.2) is 4.98 Å². The zero-order valence-corrected chi connectivity index (χ0v) is 10.4. The van der Waals surface area contributed by atoms with E-state index in [-0.39, 0.29) is 0 Å². The third-order valence-electron chi connectivity index (χ3n) is 3.10. The number of aromatic amines is 1. The second-order valence-electron chi connectivity index (χ2n) is 4.47. The van der Waals surface area contributed by atoms with E-state index in [0.717, 1.165) is 0 Å². The molecule has 0 saturated carbocycles. The molecule has 0 atom stereocenters. The van der Waals surface area contributed by atoms with Gasteiger partial charge in [0.05, 0.1) is 5.69 Å². The molecule has 0 amide bonds. The zero-order valence-electron chi connectivity index (χ0n) is 10.4. The Morgan fingerprint density at radius 3 is 1.89 bits per heavy atom. The van der Waals surface area contributed by atoms with E-state index in [1.165, 1.54) is 28.1 Å². The molecule has 3 aromatic rings. The average Bonchev–Trinajstić information content (AvgIpc) is 2.83. The SMILES string of the molecule is Cc1cc(-c2ccccc2)c(-c2ccccc2)[nH]1. The molecule has 18 heavy (non-hydrogen) atoms. The molecule has 0 radical (unpaired) electrons. The Morgan fingerprint density at radius 2 is 1.28 bits per heavy atom. The van der Waals surface area contributed by atoms with Crippen LogP contribution in [0.2, 0.25) is 0 Å². The fourth-order valence-corrected chi connectivity index (χ4v) is 2.27. The molecule has 0 spiro atoms. The number of benzene rings is 2. The lowest BCUT2D eigenvalue weighted by Gasteiger charge is -2.04. The molecule has 1 N–H and O–H groups in total. The fourth-order valence-electron chi connectivity index (χ4n) is 2.27. The molecule has 0 aliphatic heterocycles. The lowest BCUT2D eigenvalue weighted by atomic mass is 10.0. The van der Waals surface area contributed by atoms with Gasteiger partial charge in [-0.1, -0.05) is 60.7 Å². The van der Waals surface area contributed by atoms with Crippen LogP contribution in [0.3, 0.4) is 0 Å². The molecule has 0 saturated heterocycles. The van der Waals surface area contributed by atoms with Gasteiger partial charge >= 0.3 is 0 Å².